The van der Waals surface area contributed by atoms with Crippen molar-refractivity contribution in [1.29, 1.82) is 0 Å². The Kier molecular flexibility index (Phi) is 11.9. The molecule has 0 unspecified atom stereocenters. The van der Waals surface area contributed by atoms with Gasteiger partial charge in [0.25, 0.3) is 11.8 Å². The Morgan fingerprint density at radius 3 is 2.29 bits per heavy atom. The SMILES string of the molecule is CC(C)[C@H](NC(=O)CCCCCN1C(=O)C=CC1=O)C(=O)N[C@@](C=O)(CO)CCCNC(N)=O. The Morgan fingerprint density at radius 1 is 1.12 bits per heavy atom. The van der Waals surface area contributed by atoms with Crippen molar-refractivity contribution >= 4 is 35.9 Å². The number of urea groups is 1. The number of amides is 6. The van der Waals surface area contributed by atoms with Crippen molar-refractivity contribution in [2.45, 2.75) is 64.0 Å². The minimum Gasteiger partial charge on any atom is -0.393 e. The average Bonchev–Trinajstić information content (AvgIpc) is 3.10. The number of primary amides is 1. The molecule has 0 aromatic carbocycles. The van der Waals surface area contributed by atoms with Crippen molar-refractivity contribution in [3.05, 3.63) is 12.2 Å². The topological polar surface area (TPSA) is 188 Å². The van der Waals surface area contributed by atoms with E-state index in [1.807, 2.05) is 0 Å². The number of aliphatic hydroxyl groups is 1. The van der Waals surface area contributed by atoms with Crippen molar-refractivity contribution in [2.24, 2.45) is 11.7 Å². The number of nitrogens with zero attached hydrogens (tertiary/aromatic N) is 1. The van der Waals surface area contributed by atoms with Crippen LogP contribution in [0.1, 0.15) is 52.4 Å². The Morgan fingerprint density at radius 2 is 1.76 bits per heavy atom. The fourth-order valence-corrected chi connectivity index (χ4v) is 3.41. The highest BCUT2D eigenvalue weighted by molar-refractivity contribution is 6.12. The zero-order valence-electron chi connectivity index (χ0n) is 19.7. The molecule has 2 atom stereocenters. The lowest BCUT2D eigenvalue weighted by Gasteiger charge is -2.31. The van der Waals surface area contributed by atoms with E-state index >= 15 is 0 Å². The first-order valence-electron chi connectivity index (χ1n) is 11.3. The molecular weight excluding hydrogens is 446 g/mol. The van der Waals surface area contributed by atoms with Gasteiger partial charge in [0.1, 0.15) is 17.9 Å². The second kappa shape index (κ2) is 14.1. The molecule has 0 aliphatic carbocycles. The maximum atomic E-state index is 12.8. The van der Waals surface area contributed by atoms with Crippen molar-refractivity contribution in [3.63, 3.8) is 0 Å². The Hall–Kier alpha value is -3.28. The Balaban J connectivity index is 2.51. The quantitative estimate of drug-likeness (QED) is 0.107. The van der Waals surface area contributed by atoms with Gasteiger partial charge in [-0.05, 0) is 31.6 Å². The Labute approximate surface area is 198 Å². The second-order valence-corrected chi connectivity index (χ2v) is 8.58. The number of rotatable bonds is 16. The highest BCUT2D eigenvalue weighted by Crippen LogP contribution is 2.13. The van der Waals surface area contributed by atoms with Gasteiger partial charge in [-0.15, -0.1) is 0 Å². The predicted octanol–water partition coefficient (Wildman–Crippen LogP) is -0.893. The van der Waals surface area contributed by atoms with Crippen LogP contribution >= 0.6 is 0 Å². The highest BCUT2D eigenvalue weighted by atomic mass is 16.3. The molecule has 0 bridgehead atoms. The third-order valence-corrected chi connectivity index (χ3v) is 5.43. The molecule has 6 N–H and O–H groups in total. The highest BCUT2D eigenvalue weighted by Gasteiger charge is 2.34. The van der Waals surface area contributed by atoms with Crippen LogP contribution in [0.2, 0.25) is 0 Å². The molecule has 0 aromatic heterocycles. The molecule has 0 saturated heterocycles. The first-order chi connectivity index (χ1) is 16.0. The first-order valence-corrected chi connectivity index (χ1v) is 11.3. The fourth-order valence-electron chi connectivity index (χ4n) is 3.41. The molecule has 1 aliphatic heterocycles. The summed E-state index contributed by atoms with van der Waals surface area (Å²) < 4.78 is 0. The van der Waals surface area contributed by atoms with Gasteiger partial charge in [-0.2, -0.15) is 0 Å². The van der Waals surface area contributed by atoms with Crippen LogP contribution in [-0.2, 0) is 24.0 Å². The molecule has 0 saturated carbocycles. The largest absolute Gasteiger partial charge is 0.393 e. The van der Waals surface area contributed by atoms with E-state index < -0.39 is 30.1 Å². The van der Waals surface area contributed by atoms with Crippen LogP contribution in [0.4, 0.5) is 4.79 Å². The number of aldehydes is 1. The van der Waals surface area contributed by atoms with Crippen LogP contribution in [0, 0.1) is 5.92 Å². The molecular formula is C22H35N5O7. The molecule has 0 spiro atoms. The van der Waals surface area contributed by atoms with Gasteiger partial charge in [0.2, 0.25) is 11.8 Å². The van der Waals surface area contributed by atoms with Crippen LogP contribution in [0.15, 0.2) is 12.2 Å². The average molecular weight is 482 g/mol. The number of carbonyl (C=O) groups is 6. The van der Waals surface area contributed by atoms with E-state index in [1.54, 1.807) is 13.8 Å². The molecule has 12 heteroatoms. The maximum Gasteiger partial charge on any atom is 0.312 e. The van der Waals surface area contributed by atoms with E-state index in [9.17, 15) is 33.9 Å². The van der Waals surface area contributed by atoms with E-state index in [0.717, 1.165) is 4.90 Å². The Bertz CT molecular complexity index is 781. The van der Waals surface area contributed by atoms with E-state index in [1.165, 1.54) is 12.2 Å². The van der Waals surface area contributed by atoms with Gasteiger partial charge < -0.3 is 31.6 Å². The summed E-state index contributed by atoms with van der Waals surface area (Å²) in [6.45, 7) is 3.28. The molecule has 12 nitrogen and oxygen atoms in total. The van der Waals surface area contributed by atoms with Crippen molar-refractivity contribution < 1.29 is 33.9 Å². The summed E-state index contributed by atoms with van der Waals surface area (Å²) in [6, 6.07) is -1.64. The third kappa shape index (κ3) is 9.30. The normalized spacial score (nSPS) is 15.7. The van der Waals surface area contributed by atoms with Crippen LogP contribution in [0.3, 0.4) is 0 Å². The summed E-state index contributed by atoms with van der Waals surface area (Å²) in [4.78, 5) is 71.8. The van der Waals surface area contributed by atoms with E-state index in [-0.39, 0.29) is 56.0 Å². The van der Waals surface area contributed by atoms with Gasteiger partial charge in [0, 0.05) is 31.7 Å². The zero-order valence-corrected chi connectivity index (χ0v) is 19.7. The van der Waals surface area contributed by atoms with Crippen LogP contribution in [-0.4, -0.2) is 77.2 Å². The number of hydrogen-bond donors (Lipinski definition) is 5. The molecule has 190 valence electrons. The zero-order chi connectivity index (χ0) is 25.7. The van der Waals surface area contributed by atoms with Gasteiger partial charge in [0.05, 0.1) is 6.61 Å². The number of nitrogens with two attached hydrogens (primary N) is 1. The summed E-state index contributed by atoms with van der Waals surface area (Å²) in [6.07, 6.45) is 5.06. The van der Waals surface area contributed by atoms with Gasteiger partial charge in [0.15, 0.2) is 0 Å². The first kappa shape index (κ1) is 28.8. The predicted molar refractivity (Wildman–Crippen MR) is 122 cm³/mol. The molecule has 1 aliphatic rings. The smallest absolute Gasteiger partial charge is 0.312 e. The molecule has 34 heavy (non-hydrogen) atoms. The molecule has 1 rings (SSSR count). The van der Waals surface area contributed by atoms with Gasteiger partial charge in [-0.3, -0.25) is 24.1 Å². The van der Waals surface area contributed by atoms with Crippen molar-refractivity contribution in [3.8, 4) is 0 Å². The number of nitrogens with one attached hydrogen (secondary N) is 3. The van der Waals surface area contributed by atoms with Gasteiger partial charge >= 0.3 is 6.03 Å². The van der Waals surface area contributed by atoms with Crippen LogP contribution < -0.4 is 21.7 Å². The minimum atomic E-state index is -1.55. The third-order valence-electron chi connectivity index (χ3n) is 5.43. The lowest BCUT2D eigenvalue weighted by Crippen LogP contribution is -2.59. The fraction of sp³-hybridized carbons (Fsp3) is 0.636. The number of carbonyl (C=O) groups excluding carboxylic acids is 6. The lowest BCUT2D eigenvalue weighted by atomic mass is 9.94. The van der Waals surface area contributed by atoms with Gasteiger partial charge in [-0.1, -0.05) is 20.3 Å². The summed E-state index contributed by atoms with van der Waals surface area (Å²) in [5, 5.41) is 17.3. The van der Waals surface area contributed by atoms with Crippen molar-refractivity contribution in [1.82, 2.24) is 20.9 Å². The van der Waals surface area contributed by atoms with Crippen LogP contribution in [0.25, 0.3) is 0 Å². The minimum absolute atomic E-state index is 0.0648. The molecule has 0 radical (unpaired) electrons. The van der Waals surface area contributed by atoms with Gasteiger partial charge in [-0.25, -0.2) is 4.79 Å². The van der Waals surface area contributed by atoms with E-state index in [2.05, 4.69) is 16.0 Å². The molecule has 0 aromatic rings. The number of hydrogen-bond acceptors (Lipinski definition) is 7. The van der Waals surface area contributed by atoms with Crippen molar-refractivity contribution in [2.75, 3.05) is 19.7 Å². The number of imide groups is 1. The summed E-state index contributed by atoms with van der Waals surface area (Å²) >= 11 is 0. The lowest BCUT2D eigenvalue weighted by molar-refractivity contribution is -0.137. The molecule has 6 amide bonds. The van der Waals surface area contributed by atoms with Crippen LogP contribution in [0.5, 0.6) is 0 Å². The van der Waals surface area contributed by atoms with E-state index in [4.69, 9.17) is 5.73 Å². The molecule has 0 fully saturated rings. The summed E-state index contributed by atoms with van der Waals surface area (Å²) in [5.74, 6) is -1.93. The summed E-state index contributed by atoms with van der Waals surface area (Å²) in [7, 11) is 0. The standard InChI is InChI=1S/C22H35N5O7/c1-15(2)19(20(33)26-22(13-28,14-29)10-6-11-24-21(23)34)25-16(30)7-4-3-5-12-27-17(31)8-9-18(27)32/h8-9,13,15,19,29H,3-7,10-12,14H2,1-2H3,(H,25,30)(H,26,33)(H3,23,24,34)/t19-,22-/m0/s1. The maximum absolute atomic E-state index is 12.8. The molecule has 1 heterocycles. The monoisotopic (exact) mass is 481 g/mol. The number of unbranched alkanes of at least 4 members (excludes halogenated alkanes) is 2. The second-order valence-electron chi connectivity index (χ2n) is 8.58. The number of aliphatic hydroxyl groups excluding tert-OH is 1. The van der Waals surface area contributed by atoms with E-state index in [0.29, 0.717) is 25.5 Å². The summed E-state index contributed by atoms with van der Waals surface area (Å²) in [5.41, 5.74) is 3.44.